The average Bonchev–Trinajstić information content (AvgIpc) is 2.83. The van der Waals surface area contributed by atoms with Gasteiger partial charge in [-0.25, -0.2) is 0 Å². The van der Waals surface area contributed by atoms with Crippen LogP contribution in [0.25, 0.3) is 0 Å². The van der Waals surface area contributed by atoms with Gasteiger partial charge in [0.1, 0.15) is 0 Å². The van der Waals surface area contributed by atoms with Crippen molar-refractivity contribution < 1.29 is 9.09 Å². The summed E-state index contributed by atoms with van der Waals surface area (Å²) in [4.78, 5) is 0. The maximum Gasteiger partial charge on any atom is 0.210 e. The normalized spacial score (nSPS) is 17.1. The minimum absolute atomic E-state index is 0.658. The number of hydrogen-bond acceptors (Lipinski definition) is 2. The molecule has 0 aromatic heterocycles. The molecule has 1 aliphatic rings. The largest absolute Gasteiger partial charge is 0.328 e. The molecule has 0 fully saturated rings. The van der Waals surface area contributed by atoms with Crippen molar-refractivity contribution in [2.75, 3.05) is 18.9 Å². The standard InChI is InChI=1S/C16H31O2P/c1-2-3-4-5-6-7-8-9-10-11-14-18-19(17)15-12-13-16-19/h12-13H,2-11,14-16H2,1H3. The van der Waals surface area contributed by atoms with Crippen LogP contribution in [0.4, 0.5) is 0 Å². The zero-order valence-electron chi connectivity index (χ0n) is 12.6. The van der Waals surface area contributed by atoms with Gasteiger partial charge in [0.25, 0.3) is 0 Å². The van der Waals surface area contributed by atoms with Gasteiger partial charge in [-0.05, 0) is 6.42 Å². The van der Waals surface area contributed by atoms with E-state index >= 15 is 0 Å². The minimum Gasteiger partial charge on any atom is -0.328 e. The minimum atomic E-state index is -2.26. The van der Waals surface area contributed by atoms with Gasteiger partial charge in [-0.2, -0.15) is 0 Å². The van der Waals surface area contributed by atoms with Gasteiger partial charge in [0.15, 0.2) is 0 Å². The molecule has 0 aromatic rings. The van der Waals surface area contributed by atoms with E-state index in [9.17, 15) is 4.57 Å². The van der Waals surface area contributed by atoms with Crippen molar-refractivity contribution in [3.8, 4) is 0 Å². The van der Waals surface area contributed by atoms with E-state index in [2.05, 4.69) is 6.92 Å². The molecule has 0 saturated heterocycles. The molecular formula is C16H31O2P. The van der Waals surface area contributed by atoms with E-state index in [1.807, 2.05) is 12.2 Å². The van der Waals surface area contributed by atoms with Crippen LogP contribution in [0, 0.1) is 0 Å². The highest BCUT2D eigenvalue weighted by molar-refractivity contribution is 7.59. The Balaban J connectivity index is 1.78. The number of rotatable bonds is 12. The van der Waals surface area contributed by atoms with Crippen LogP contribution in [-0.2, 0) is 9.09 Å². The lowest BCUT2D eigenvalue weighted by molar-refractivity contribution is 0.305. The fourth-order valence-electron chi connectivity index (χ4n) is 2.47. The molecule has 0 aromatic carbocycles. The highest BCUT2D eigenvalue weighted by Gasteiger charge is 2.23. The third-order valence-electron chi connectivity index (χ3n) is 3.76. The van der Waals surface area contributed by atoms with Crippen molar-refractivity contribution >= 4 is 7.37 Å². The van der Waals surface area contributed by atoms with E-state index in [-0.39, 0.29) is 0 Å². The summed E-state index contributed by atoms with van der Waals surface area (Å²) >= 11 is 0. The molecule has 0 aliphatic carbocycles. The zero-order chi connectivity index (χ0) is 13.8. The molecule has 0 unspecified atom stereocenters. The fourth-order valence-corrected chi connectivity index (χ4v) is 4.23. The molecule has 0 atom stereocenters. The Morgan fingerprint density at radius 1 is 0.842 bits per heavy atom. The topological polar surface area (TPSA) is 26.3 Å². The number of hydrogen-bond donors (Lipinski definition) is 0. The molecule has 0 bridgehead atoms. The monoisotopic (exact) mass is 286 g/mol. The molecule has 1 heterocycles. The first kappa shape index (κ1) is 17.0. The van der Waals surface area contributed by atoms with E-state index in [0.29, 0.717) is 18.9 Å². The van der Waals surface area contributed by atoms with Gasteiger partial charge in [-0.1, -0.05) is 76.9 Å². The van der Waals surface area contributed by atoms with Crippen LogP contribution in [0.3, 0.4) is 0 Å². The quantitative estimate of drug-likeness (QED) is 0.258. The summed E-state index contributed by atoms with van der Waals surface area (Å²) in [5.74, 6) is 0. The maximum absolute atomic E-state index is 12.0. The second kappa shape index (κ2) is 10.7. The third-order valence-corrected chi connectivity index (χ3v) is 5.95. The summed E-state index contributed by atoms with van der Waals surface area (Å²) < 4.78 is 17.5. The van der Waals surface area contributed by atoms with Crippen LogP contribution in [0.15, 0.2) is 12.2 Å². The molecule has 1 aliphatic heterocycles. The summed E-state index contributed by atoms with van der Waals surface area (Å²) in [5.41, 5.74) is 0. The molecule has 0 saturated carbocycles. The molecule has 0 spiro atoms. The molecular weight excluding hydrogens is 255 g/mol. The van der Waals surface area contributed by atoms with Crippen LogP contribution >= 0.6 is 7.37 Å². The summed E-state index contributed by atoms with van der Waals surface area (Å²) in [6.45, 7) is 2.95. The lowest BCUT2D eigenvalue weighted by Gasteiger charge is -2.11. The van der Waals surface area contributed by atoms with Crippen molar-refractivity contribution in [1.82, 2.24) is 0 Å². The molecule has 0 radical (unpaired) electrons. The number of unbranched alkanes of at least 4 members (excludes halogenated alkanes) is 9. The van der Waals surface area contributed by atoms with E-state index in [1.165, 1.54) is 57.8 Å². The van der Waals surface area contributed by atoms with Gasteiger partial charge in [0.05, 0.1) is 6.61 Å². The Kier molecular flexibility index (Phi) is 9.55. The Morgan fingerprint density at radius 3 is 1.84 bits per heavy atom. The Morgan fingerprint density at radius 2 is 1.32 bits per heavy atom. The van der Waals surface area contributed by atoms with E-state index in [1.54, 1.807) is 0 Å². The van der Waals surface area contributed by atoms with Gasteiger partial charge in [-0.3, -0.25) is 4.57 Å². The molecule has 0 N–H and O–H groups in total. The summed E-state index contributed by atoms with van der Waals surface area (Å²) in [5, 5.41) is 0. The summed E-state index contributed by atoms with van der Waals surface area (Å²) in [6, 6.07) is 0. The summed E-state index contributed by atoms with van der Waals surface area (Å²) in [7, 11) is -2.26. The van der Waals surface area contributed by atoms with Gasteiger partial charge in [0, 0.05) is 12.3 Å². The van der Waals surface area contributed by atoms with Gasteiger partial charge < -0.3 is 4.52 Å². The van der Waals surface area contributed by atoms with Crippen LogP contribution in [0.5, 0.6) is 0 Å². The van der Waals surface area contributed by atoms with Crippen LogP contribution < -0.4 is 0 Å². The fraction of sp³-hybridized carbons (Fsp3) is 0.875. The van der Waals surface area contributed by atoms with Crippen molar-refractivity contribution in [1.29, 1.82) is 0 Å². The first-order valence-corrected chi connectivity index (χ1v) is 10.1. The first-order valence-electron chi connectivity index (χ1n) is 8.14. The molecule has 1 rings (SSSR count). The highest BCUT2D eigenvalue weighted by atomic mass is 31.2. The molecule has 2 nitrogen and oxygen atoms in total. The maximum atomic E-state index is 12.0. The predicted molar refractivity (Wildman–Crippen MR) is 84.3 cm³/mol. The first-order chi connectivity index (χ1) is 9.27. The van der Waals surface area contributed by atoms with E-state index in [4.69, 9.17) is 4.52 Å². The smallest absolute Gasteiger partial charge is 0.210 e. The zero-order valence-corrected chi connectivity index (χ0v) is 13.5. The van der Waals surface area contributed by atoms with Crippen LogP contribution in [0.2, 0.25) is 0 Å². The third kappa shape index (κ3) is 8.65. The number of allylic oxidation sites excluding steroid dienone is 2. The van der Waals surface area contributed by atoms with Crippen molar-refractivity contribution in [3.05, 3.63) is 12.2 Å². The molecule has 19 heavy (non-hydrogen) atoms. The van der Waals surface area contributed by atoms with Crippen LogP contribution in [0.1, 0.15) is 71.1 Å². The van der Waals surface area contributed by atoms with Gasteiger partial charge in [0.2, 0.25) is 7.37 Å². The average molecular weight is 286 g/mol. The van der Waals surface area contributed by atoms with Crippen LogP contribution in [-0.4, -0.2) is 18.9 Å². The lowest BCUT2D eigenvalue weighted by Crippen LogP contribution is -1.95. The Hall–Kier alpha value is -0.0700. The highest BCUT2D eigenvalue weighted by Crippen LogP contribution is 2.50. The molecule has 112 valence electrons. The second-order valence-electron chi connectivity index (χ2n) is 5.67. The molecule has 0 amide bonds. The SMILES string of the molecule is CCCCCCCCCCCCOP1(=O)CC=CC1. The van der Waals surface area contributed by atoms with Crippen molar-refractivity contribution in [3.63, 3.8) is 0 Å². The summed E-state index contributed by atoms with van der Waals surface area (Å²) in [6.07, 6.45) is 18.6. The Labute approximate surface area is 119 Å². The lowest BCUT2D eigenvalue weighted by atomic mass is 10.1. The predicted octanol–water partition coefficient (Wildman–Crippen LogP) is 5.77. The Bertz CT molecular complexity index is 274. The second-order valence-corrected chi connectivity index (χ2v) is 8.28. The van der Waals surface area contributed by atoms with E-state index < -0.39 is 7.37 Å². The van der Waals surface area contributed by atoms with Crippen molar-refractivity contribution in [2.24, 2.45) is 0 Å². The van der Waals surface area contributed by atoms with Gasteiger partial charge in [-0.15, -0.1) is 0 Å². The van der Waals surface area contributed by atoms with Gasteiger partial charge >= 0.3 is 0 Å². The van der Waals surface area contributed by atoms with E-state index in [0.717, 1.165) is 6.42 Å². The molecule has 3 heteroatoms. The van der Waals surface area contributed by atoms with Crippen molar-refractivity contribution in [2.45, 2.75) is 71.1 Å².